The number of benzene rings is 2. The molecule has 2 aliphatic rings. The molecule has 2 saturated heterocycles. The van der Waals surface area contributed by atoms with Gasteiger partial charge in [0.05, 0.1) is 11.1 Å². The molecule has 2 aliphatic heterocycles. The number of carbonyl (C=O) groups is 1. The smallest absolute Gasteiger partial charge is 0.229 e. The van der Waals surface area contributed by atoms with Crippen molar-refractivity contribution in [1.82, 2.24) is 14.9 Å². The van der Waals surface area contributed by atoms with Gasteiger partial charge >= 0.3 is 0 Å². The molecule has 2 fully saturated rings. The molecule has 0 aliphatic carbocycles. The van der Waals surface area contributed by atoms with Crippen LogP contribution >= 0.6 is 11.3 Å². The van der Waals surface area contributed by atoms with E-state index in [2.05, 4.69) is 33.0 Å². The van der Waals surface area contributed by atoms with E-state index >= 15 is 0 Å². The molecular weight excluding hydrogens is 447 g/mol. The third-order valence-electron chi connectivity index (χ3n) is 7.48. The third kappa shape index (κ3) is 3.78. The van der Waals surface area contributed by atoms with Crippen molar-refractivity contribution in [1.29, 1.82) is 0 Å². The first kappa shape index (κ1) is 21.4. The van der Waals surface area contributed by atoms with Crippen LogP contribution in [0.4, 0.5) is 9.52 Å². The van der Waals surface area contributed by atoms with E-state index in [9.17, 15) is 9.18 Å². The van der Waals surface area contributed by atoms with E-state index in [1.165, 1.54) is 23.1 Å². The van der Waals surface area contributed by atoms with Gasteiger partial charge in [0.25, 0.3) is 0 Å². The highest BCUT2D eigenvalue weighted by Crippen LogP contribution is 2.43. The van der Waals surface area contributed by atoms with Crippen LogP contribution in [-0.4, -0.2) is 40.4 Å². The van der Waals surface area contributed by atoms with Gasteiger partial charge in [-0.25, -0.2) is 9.37 Å². The van der Waals surface area contributed by atoms with Crippen molar-refractivity contribution in [3.05, 3.63) is 71.5 Å². The van der Waals surface area contributed by atoms with Crippen molar-refractivity contribution >= 4 is 33.3 Å². The van der Waals surface area contributed by atoms with E-state index in [4.69, 9.17) is 4.98 Å². The zero-order chi connectivity index (χ0) is 23.1. The van der Waals surface area contributed by atoms with Gasteiger partial charge in [0, 0.05) is 54.2 Å². The number of likely N-dealkylation sites (tertiary alicyclic amines) is 1. The molecule has 2 aromatic carbocycles. The Bertz CT molecular complexity index is 1320. The molecule has 6 rings (SSSR count). The number of carbonyl (C=O) groups excluding carboxylic acids is 1. The SMILES string of the molecule is O=C1N(Cc2c[nH]c3ccccc23)CCCC12CCN(c1nc(-c3ccc(F)cc3)cs1)CC2. The second kappa shape index (κ2) is 8.55. The zero-order valence-electron chi connectivity index (χ0n) is 19.0. The van der Waals surface area contributed by atoms with Crippen molar-refractivity contribution in [3.63, 3.8) is 0 Å². The van der Waals surface area contributed by atoms with Crippen molar-refractivity contribution in [2.45, 2.75) is 32.2 Å². The van der Waals surface area contributed by atoms with Crippen molar-refractivity contribution in [2.24, 2.45) is 5.41 Å². The molecule has 0 radical (unpaired) electrons. The predicted octanol–water partition coefficient (Wildman–Crippen LogP) is 5.84. The molecule has 7 heteroatoms. The van der Waals surface area contributed by atoms with Crippen LogP contribution in [0.5, 0.6) is 0 Å². The number of anilines is 1. The molecule has 174 valence electrons. The lowest BCUT2D eigenvalue weighted by molar-refractivity contribution is -0.148. The normalized spacial score (nSPS) is 18.2. The fourth-order valence-electron chi connectivity index (χ4n) is 5.52. The van der Waals surface area contributed by atoms with Crippen LogP contribution < -0.4 is 4.90 Å². The van der Waals surface area contributed by atoms with E-state index in [0.29, 0.717) is 12.5 Å². The molecule has 0 unspecified atom stereocenters. The second-order valence-corrected chi connectivity index (χ2v) is 10.3. The lowest BCUT2D eigenvalue weighted by Gasteiger charge is -2.46. The highest BCUT2D eigenvalue weighted by molar-refractivity contribution is 7.14. The Morgan fingerprint density at radius 2 is 1.82 bits per heavy atom. The highest BCUT2D eigenvalue weighted by atomic mass is 32.1. The number of para-hydroxylation sites is 1. The Labute approximate surface area is 202 Å². The summed E-state index contributed by atoms with van der Waals surface area (Å²) in [5.41, 5.74) is 3.85. The fraction of sp³-hybridized carbons (Fsp3) is 0.333. The number of aromatic nitrogens is 2. The molecule has 34 heavy (non-hydrogen) atoms. The van der Waals surface area contributed by atoms with Gasteiger partial charge in [0.15, 0.2) is 5.13 Å². The Hall–Kier alpha value is -3.19. The van der Waals surface area contributed by atoms with Crippen LogP contribution in [0, 0.1) is 11.2 Å². The first-order chi connectivity index (χ1) is 16.6. The van der Waals surface area contributed by atoms with Crippen LogP contribution in [0.15, 0.2) is 60.1 Å². The fourth-order valence-corrected chi connectivity index (χ4v) is 6.41. The number of halogens is 1. The molecular formula is C27H27FN4OS. The highest BCUT2D eigenvalue weighted by Gasteiger charge is 2.46. The first-order valence-corrected chi connectivity index (χ1v) is 12.8. The average molecular weight is 475 g/mol. The third-order valence-corrected chi connectivity index (χ3v) is 8.38. The van der Waals surface area contributed by atoms with E-state index < -0.39 is 0 Å². The largest absolute Gasteiger partial charge is 0.361 e. The maximum absolute atomic E-state index is 13.7. The number of rotatable bonds is 4. The van der Waals surface area contributed by atoms with Crippen molar-refractivity contribution < 1.29 is 9.18 Å². The summed E-state index contributed by atoms with van der Waals surface area (Å²) in [6, 6.07) is 14.7. The number of nitrogens with one attached hydrogen (secondary N) is 1. The minimum Gasteiger partial charge on any atom is -0.361 e. The number of aromatic amines is 1. The molecule has 1 amide bonds. The van der Waals surface area contributed by atoms with Crippen molar-refractivity contribution in [2.75, 3.05) is 24.5 Å². The predicted molar refractivity (Wildman–Crippen MR) is 134 cm³/mol. The Balaban J connectivity index is 1.14. The number of hydrogen-bond donors (Lipinski definition) is 1. The Kier molecular flexibility index (Phi) is 5.37. The van der Waals surface area contributed by atoms with Gasteiger partial charge in [0.2, 0.25) is 5.91 Å². The molecule has 0 bridgehead atoms. The molecule has 4 aromatic rings. The monoisotopic (exact) mass is 474 g/mol. The lowest BCUT2D eigenvalue weighted by atomic mass is 9.71. The molecule has 0 saturated carbocycles. The van der Waals surface area contributed by atoms with Gasteiger partial charge in [0.1, 0.15) is 5.82 Å². The maximum Gasteiger partial charge on any atom is 0.229 e. The van der Waals surface area contributed by atoms with Gasteiger partial charge in [-0.2, -0.15) is 0 Å². The number of fused-ring (bicyclic) bond motifs is 1. The molecule has 0 atom stereocenters. The Morgan fingerprint density at radius 1 is 1.03 bits per heavy atom. The van der Waals surface area contributed by atoms with Crippen LogP contribution in [0.25, 0.3) is 22.2 Å². The zero-order valence-corrected chi connectivity index (χ0v) is 19.8. The van der Waals surface area contributed by atoms with Gasteiger partial charge < -0.3 is 14.8 Å². The number of hydrogen-bond acceptors (Lipinski definition) is 4. The van der Waals surface area contributed by atoms with E-state index in [1.807, 2.05) is 17.6 Å². The summed E-state index contributed by atoms with van der Waals surface area (Å²) in [7, 11) is 0. The Morgan fingerprint density at radius 3 is 2.65 bits per heavy atom. The van der Waals surface area contributed by atoms with Crippen LogP contribution in [0.3, 0.4) is 0 Å². The number of piperidine rings is 2. The van der Waals surface area contributed by atoms with E-state index in [0.717, 1.165) is 67.2 Å². The van der Waals surface area contributed by atoms with Crippen LogP contribution in [-0.2, 0) is 11.3 Å². The standard InChI is InChI=1S/C27H27FN4OS/c28-21-8-6-19(7-9-21)24-18-34-26(30-24)31-14-11-27(12-15-31)10-3-13-32(25(27)33)17-20-16-29-23-5-2-1-4-22(20)23/h1-2,4-9,16,18,29H,3,10-15,17H2. The summed E-state index contributed by atoms with van der Waals surface area (Å²) in [5.74, 6) is 0.0752. The van der Waals surface area contributed by atoms with E-state index in [1.54, 1.807) is 23.5 Å². The molecule has 1 spiro atoms. The average Bonchev–Trinajstić information content (AvgIpc) is 3.51. The number of H-pyrrole nitrogens is 1. The summed E-state index contributed by atoms with van der Waals surface area (Å²) in [5, 5.41) is 4.21. The molecule has 5 nitrogen and oxygen atoms in total. The molecule has 1 N–H and O–H groups in total. The van der Waals surface area contributed by atoms with Gasteiger partial charge in [-0.1, -0.05) is 18.2 Å². The van der Waals surface area contributed by atoms with E-state index in [-0.39, 0.29) is 11.2 Å². The van der Waals surface area contributed by atoms with Crippen molar-refractivity contribution in [3.8, 4) is 11.3 Å². The second-order valence-electron chi connectivity index (χ2n) is 9.48. The van der Waals surface area contributed by atoms with Gasteiger partial charge in [-0.3, -0.25) is 4.79 Å². The first-order valence-electron chi connectivity index (χ1n) is 11.9. The lowest BCUT2D eigenvalue weighted by Crippen LogP contribution is -2.53. The summed E-state index contributed by atoms with van der Waals surface area (Å²) >= 11 is 1.62. The van der Waals surface area contributed by atoms with Gasteiger partial charge in [-0.05, 0) is 61.6 Å². The van der Waals surface area contributed by atoms with Gasteiger partial charge in [-0.15, -0.1) is 11.3 Å². The minimum absolute atomic E-state index is 0.239. The summed E-state index contributed by atoms with van der Waals surface area (Å²) in [6.07, 6.45) is 5.80. The summed E-state index contributed by atoms with van der Waals surface area (Å²) in [6.45, 7) is 3.17. The van der Waals surface area contributed by atoms with Crippen LogP contribution in [0.1, 0.15) is 31.2 Å². The topological polar surface area (TPSA) is 52.2 Å². The number of thiazole rings is 1. The summed E-state index contributed by atoms with van der Waals surface area (Å²) < 4.78 is 13.2. The molecule has 4 heterocycles. The molecule has 2 aromatic heterocycles. The number of amides is 1. The maximum atomic E-state index is 13.7. The minimum atomic E-state index is -0.252. The summed E-state index contributed by atoms with van der Waals surface area (Å²) in [4.78, 5) is 26.2. The number of nitrogens with zero attached hydrogens (tertiary/aromatic N) is 3. The quantitative estimate of drug-likeness (QED) is 0.404. The van der Waals surface area contributed by atoms with Crippen LogP contribution in [0.2, 0.25) is 0 Å².